The fourth-order valence-electron chi connectivity index (χ4n) is 1.54. The SMILES string of the molecule is CCn1cc(CNCCc2nc(C(F)(F)F)cs2)nn1. The van der Waals surface area contributed by atoms with Crippen molar-refractivity contribution in [3.05, 3.63) is 28.0 Å². The van der Waals surface area contributed by atoms with Crippen LogP contribution in [-0.2, 0) is 25.7 Å². The number of rotatable bonds is 6. The van der Waals surface area contributed by atoms with Crippen LogP contribution in [0.25, 0.3) is 0 Å². The second-order valence-corrected chi connectivity index (χ2v) is 5.06. The molecule has 20 heavy (non-hydrogen) atoms. The van der Waals surface area contributed by atoms with Gasteiger partial charge in [0, 0.05) is 37.6 Å². The van der Waals surface area contributed by atoms with Crippen molar-refractivity contribution in [1.82, 2.24) is 25.3 Å². The van der Waals surface area contributed by atoms with Crippen molar-refractivity contribution in [1.29, 1.82) is 0 Å². The van der Waals surface area contributed by atoms with E-state index < -0.39 is 11.9 Å². The molecule has 2 aromatic heterocycles. The highest BCUT2D eigenvalue weighted by Gasteiger charge is 2.33. The van der Waals surface area contributed by atoms with E-state index in [1.807, 2.05) is 13.1 Å². The number of alkyl halides is 3. The second kappa shape index (κ2) is 6.31. The average Bonchev–Trinajstić information content (AvgIpc) is 3.03. The number of hydrogen-bond acceptors (Lipinski definition) is 5. The van der Waals surface area contributed by atoms with Gasteiger partial charge in [0.05, 0.1) is 10.7 Å². The maximum atomic E-state index is 12.4. The number of thiazole rings is 1. The van der Waals surface area contributed by atoms with Crippen LogP contribution in [0.1, 0.15) is 23.3 Å². The minimum absolute atomic E-state index is 0.461. The molecule has 2 rings (SSSR count). The van der Waals surface area contributed by atoms with Crippen molar-refractivity contribution in [2.75, 3.05) is 6.54 Å². The standard InChI is InChI=1S/C11H14F3N5S/c1-2-19-6-8(17-18-19)5-15-4-3-10-16-9(7-20-10)11(12,13)14/h6-7,15H,2-5H2,1H3. The van der Waals surface area contributed by atoms with Gasteiger partial charge in [-0.3, -0.25) is 4.68 Å². The van der Waals surface area contributed by atoms with Crippen molar-refractivity contribution in [3.63, 3.8) is 0 Å². The molecule has 0 saturated heterocycles. The largest absolute Gasteiger partial charge is 0.434 e. The van der Waals surface area contributed by atoms with E-state index in [4.69, 9.17) is 0 Å². The molecule has 1 N–H and O–H groups in total. The van der Waals surface area contributed by atoms with Gasteiger partial charge in [0.2, 0.25) is 0 Å². The first-order valence-electron chi connectivity index (χ1n) is 6.10. The van der Waals surface area contributed by atoms with Crippen LogP contribution in [0, 0.1) is 0 Å². The molecule has 2 heterocycles. The third kappa shape index (κ3) is 4.01. The molecular formula is C11H14F3N5S. The van der Waals surface area contributed by atoms with Crippen LogP contribution in [0.4, 0.5) is 13.2 Å². The lowest BCUT2D eigenvalue weighted by Gasteiger charge is -2.01. The summed E-state index contributed by atoms with van der Waals surface area (Å²) in [6.45, 7) is 3.81. The third-order valence-corrected chi connectivity index (χ3v) is 3.48. The average molecular weight is 305 g/mol. The summed E-state index contributed by atoms with van der Waals surface area (Å²) in [7, 11) is 0. The maximum absolute atomic E-state index is 12.4. The highest BCUT2D eigenvalue weighted by Crippen LogP contribution is 2.29. The molecule has 0 radical (unpaired) electrons. The van der Waals surface area contributed by atoms with Gasteiger partial charge in [0.25, 0.3) is 0 Å². The normalized spacial score (nSPS) is 12.0. The first-order chi connectivity index (χ1) is 9.49. The lowest BCUT2D eigenvalue weighted by Crippen LogP contribution is -2.17. The Bertz CT molecular complexity index is 548. The summed E-state index contributed by atoms with van der Waals surface area (Å²) in [5, 5.41) is 12.5. The molecule has 5 nitrogen and oxygen atoms in total. The van der Waals surface area contributed by atoms with Gasteiger partial charge in [0.1, 0.15) is 0 Å². The lowest BCUT2D eigenvalue weighted by molar-refractivity contribution is -0.140. The van der Waals surface area contributed by atoms with Crippen molar-refractivity contribution >= 4 is 11.3 Å². The Morgan fingerprint density at radius 1 is 1.40 bits per heavy atom. The molecule has 0 aliphatic carbocycles. The first kappa shape index (κ1) is 14.9. The van der Waals surface area contributed by atoms with Crippen LogP contribution in [0.3, 0.4) is 0 Å². The zero-order valence-corrected chi connectivity index (χ0v) is 11.6. The number of aromatic nitrogens is 4. The highest BCUT2D eigenvalue weighted by atomic mass is 32.1. The van der Waals surface area contributed by atoms with Crippen LogP contribution >= 0.6 is 11.3 Å². The fraction of sp³-hybridized carbons (Fsp3) is 0.545. The molecule has 0 amide bonds. The van der Waals surface area contributed by atoms with Crippen LogP contribution in [-0.4, -0.2) is 26.5 Å². The van der Waals surface area contributed by atoms with Crippen molar-refractivity contribution in [3.8, 4) is 0 Å². The molecule has 0 atom stereocenters. The summed E-state index contributed by atoms with van der Waals surface area (Å²) in [5.41, 5.74) is -0.00893. The summed E-state index contributed by atoms with van der Waals surface area (Å²) in [5.74, 6) is 0. The molecule has 0 spiro atoms. The van der Waals surface area contributed by atoms with Gasteiger partial charge in [-0.05, 0) is 6.92 Å². The molecule has 0 fully saturated rings. The van der Waals surface area contributed by atoms with Crippen molar-refractivity contribution in [2.45, 2.75) is 32.6 Å². The molecule has 110 valence electrons. The van der Waals surface area contributed by atoms with Gasteiger partial charge in [0.15, 0.2) is 5.69 Å². The Morgan fingerprint density at radius 3 is 2.80 bits per heavy atom. The van der Waals surface area contributed by atoms with Gasteiger partial charge in [-0.15, -0.1) is 16.4 Å². The smallest absolute Gasteiger partial charge is 0.311 e. The van der Waals surface area contributed by atoms with Crippen LogP contribution in [0.5, 0.6) is 0 Å². The molecule has 0 aliphatic rings. The Hall–Kier alpha value is -1.48. The predicted octanol–water partition coefficient (Wildman–Crippen LogP) is 2.11. The van der Waals surface area contributed by atoms with Gasteiger partial charge >= 0.3 is 6.18 Å². The monoisotopic (exact) mass is 305 g/mol. The Labute approximate surface area is 117 Å². The summed E-state index contributed by atoms with van der Waals surface area (Å²) in [6, 6.07) is 0. The number of halogens is 3. The van der Waals surface area contributed by atoms with E-state index in [1.54, 1.807) is 4.68 Å². The molecule has 9 heteroatoms. The summed E-state index contributed by atoms with van der Waals surface area (Å²) >= 11 is 1.03. The van der Waals surface area contributed by atoms with Gasteiger partial charge in [-0.25, -0.2) is 4.98 Å². The molecule has 0 bridgehead atoms. The van der Waals surface area contributed by atoms with E-state index >= 15 is 0 Å². The summed E-state index contributed by atoms with van der Waals surface area (Å²) in [6.07, 6.45) is -2.07. The predicted molar refractivity (Wildman–Crippen MR) is 68.2 cm³/mol. The van der Waals surface area contributed by atoms with E-state index in [0.717, 1.165) is 29.0 Å². The minimum Gasteiger partial charge on any atom is -0.311 e. The van der Waals surface area contributed by atoms with E-state index in [-0.39, 0.29) is 0 Å². The van der Waals surface area contributed by atoms with E-state index in [0.29, 0.717) is 24.5 Å². The number of aryl methyl sites for hydroxylation is 1. The lowest BCUT2D eigenvalue weighted by atomic mass is 10.4. The second-order valence-electron chi connectivity index (χ2n) is 4.12. The molecular weight excluding hydrogens is 291 g/mol. The third-order valence-electron chi connectivity index (χ3n) is 2.57. The number of nitrogens with one attached hydrogen (secondary N) is 1. The Balaban J connectivity index is 1.74. The fourth-order valence-corrected chi connectivity index (χ4v) is 2.35. The zero-order chi connectivity index (χ0) is 14.6. The number of nitrogens with zero attached hydrogens (tertiary/aromatic N) is 4. The van der Waals surface area contributed by atoms with Crippen molar-refractivity contribution < 1.29 is 13.2 Å². The first-order valence-corrected chi connectivity index (χ1v) is 6.98. The van der Waals surface area contributed by atoms with Gasteiger partial charge in [-0.2, -0.15) is 13.2 Å². The molecule has 0 aromatic carbocycles. The molecule has 0 saturated carbocycles. The summed E-state index contributed by atoms with van der Waals surface area (Å²) in [4.78, 5) is 3.56. The van der Waals surface area contributed by atoms with Crippen LogP contribution in [0.2, 0.25) is 0 Å². The maximum Gasteiger partial charge on any atom is 0.434 e. The van der Waals surface area contributed by atoms with Crippen LogP contribution in [0.15, 0.2) is 11.6 Å². The highest BCUT2D eigenvalue weighted by molar-refractivity contribution is 7.09. The minimum atomic E-state index is -4.36. The summed E-state index contributed by atoms with van der Waals surface area (Å²) < 4.78 is 38.8. The van der Waals surface area contributed by atoms with Crippen LogP contribution < -0.4 is 5.32 Å². The topological polar surface area (TPSA) is 55.6 Å². The van der Waals surface area contributed by atoms with Gasteiger partial charge < -0.3 is 5.32 Å². The van der Waals surface area contributed by atoms with E-state index in [2.05, 4.69) is 20.6 Å². The van der Waals surface area contributed by atoms with Gasteiger partial charge in [-0.1, -0.05) is 5.21 Å². The van der Waals surface area contributed by atoms with E-state index in [1.165, 1.54) is 0 Å². The Kier molecular flexibility index (Phi) is 4.71. The zero-order valence-electron chi connectivity index (χ0n) is 10.8. The molecule has 0 aliphatic heterocycles. The molecule has 2 aromatic rings. The Morgan fingerprint density at radius 2 is 2.20 bits per heavy atom. The quantitative estimate of drug-likeness (QED) is 0.831. The number of hydrogen-bond donors (Lipinski definition) is 1. The van der Waals surface area contributed by atoms with E-state index in [9.17, 15) is 13.2 Å². The molecule has 0 unspecified atom stereocenters. The van der Waals surface area contributed by atoms with Crippen molar-refractivity contribution in [2.24, 2.45) is 0 Å².